The van der Waals surface area contributed by atoms with Crippen LogP contribution in [0.3, 0.4) is 0 Å². The van der Waals surface area contributed by atoms with Crippen LogP contribution in [0.4, 0.5) is 8.78 Å². The Bertz CT molecular complexity index is 730. The summed E-state index contributed by atoms with van der Waals surface area (Å²) in [5, 5.41) is 2.25. The van der Waals surface area contributed by atoms with Crippen LogP contribution < -0.4 is 4.74 Å². The molecule has 0 aliphatic carbocycles. The maximum atomic E-state index is 13.5. The fourth-order valence-corrected chi connectivity index (χ4v) is 3.06. The molecule has 1 amide bonds. The molecule has 1 aromatic heterocycles. The van der Waals surface area contributed by atoms with Crippen LogP contribution in [0.5, 0.6) is 5.75 Å². The highest BCUT2D eigenvalue weighted by Crippen LogP contribution is 2.20. The van der Waals surface area contributed by atoms with E-state index in [0.717, 1.165) is 25.2 Å². The summed E-state index contributed by atoms with van der Waals surface area (Å²) in [6, 6.07) is 3.12. The quantitative estimate of drug-likeness (QED) is 0.847. The molecule has 24 heavy (non-hydrogen) atoms. The molecule has 0 bridgehead atoms. The van der Waals surface area contributed by atoms with Crippen LogP contribution in [-0.2, 0) is 6.61 Å². The summed E-state index contributed by atoms with van der Waals surface area (Å²) in [4.78, 5) is 20.6. The van der Waals surface area contributed by atoms with E-state index in [1.165, 1.54) is 17.4 Å². The topological polar surface area (TPSA) is 45.7 Å². The SMILES string of the molecule is CN1CCN(C(=O)c2csc(COc3ccc(F)cc3F)n2)CC1. The van der Waals surface area contributed by atoms with Crippen LogP contribution in [0.2, 0.25) is 0 Å². The number of hydrogen-bond acceptors (Lipinski definition) is 5. The van der Waals surface area contributed by atoms with Gasteiger partial charge in [-0.25, -0.2) is 13.8 Å². The van der Waals surface area contributed by atoms with Crippen LogP contribution in [0, 0.1) is 11.6 Å². The summed E-state index contributed by atoms with van der Waals surface area (Å²) in [6.45, 7) is 3.08. The first kappa shape index (κ1) is 16.8. The largest absolute Gasteiger partial charge is 0.483 e. The molecule has 1 aliphatic rings. The van der Waals surface area contributed by atoms with Gasteiger partial charge in [0, 0.05) is 37.6 Å². The van der Waals surface area contributed by atoms with Gasteiger partial charge in [-0.05, 0) is 19.2 Å². The summed E-state index contributed by atoms with van der Waals surface area (Å²) < 4.78 is 31.7. The molecule has 2 heterocycles. The Balaban J connectivity index is 1.60. The number of nitrogens with zero attached hydrogens (tertiary/aromatic N) is 3. The molecular weight excluding hydrogens is 336 g/mol. The minimum atomic E-state index is -0.764. The Kier molecular flexibility index (Phi) is 5.06. The van der Waals surface area contributed by atoms with Gasteiger partial charge in [-0.1, -0.05) is 0 Å². The van der Waals surface area contributed by atoms with E-state index in [9.17, 15) is 13.6 Å². The van der Waals surface area contributed by atoms with E-state index in [1.807, 2.05) is 7.05 Å². The number of halogens is 2. The van der Waals surface area contributed by atoms with Crippen molar-refractivity contribution in [2.24, 2.45) is 0 Å². The molecule has 5 nitrogen and oxygen atoms in total. The molecule has 1 aromatic carbocycles. The van der Waals surface area contributed by atoms with Gasteiger partial charge >= 0.3 is 0 Å². The Morgan fingerprint density at radius 1 is 1.29 bits per heavy atom. The van der Waals surface area contributed by atoms with Gasteiger partial charge in [0.25, 0.3) is 5.91 Å². The second-order valence-corrected chi connectivity index (χ2v) is 6.53. The zero-order valence-electron chi connectivity index (χ0n) is 13.2. The smallest absolute Gasteiger partial charge is 0.273 e. The van der Waals surface area contributed by atoms with Gasteiger partial charge in [0.15, 0.2) is 11.6 Å². The molecule has 0 atom stereocenters. The lowest BCUT2D eigenvalue weighted by atomic mass is 10.3. The number of ether oxygens (including phenoxy) is 1. The molecule has 0 unspecified atom stereocenters. The van der Waals surface area contributed by atoms with Crippen molar-refractivity contribution in [1.82, 2.24) is 14.8 Å². The average molecular weight is 353 g/mol. The number of amides is 1. The lowest BCUT2D eigenvalue weighted by Crippen LogP contribution is -2.47. The van der Waals surface area contributed by atoms with Gasteiger partial charge in [0.05, 0.1) is 0 Å². The van der Waals surface area contributed by atoms with Gasteiger partial charge in [-0.15, -0.1) is 11.3 Å². The number of likely N-dealkylation sites (N-methyl/N-ethyl adjacent to an activating group) is 1. The Morgan fingerprint density at radius 3 is 2.75 bits per heavy atom. The molecule has 128 valence electrons. The minimum absolute atomic E-state index is 0.0310. The normalized spacial score (nSPS) is 15.5. The molecule has 1 aliphatic heterocycles. The third-order valence-electron chi connectivity index (χ3n) is 3.81. The van der Waals surface area contributed by atoms with Crippen LogP contribution in [-0.4, -0.2) is 53.9 Å². The maximum Gasteiger partial charge on any atom is 0.273 e. The van der Waals surface area contributed by atoms with Crippen molar-refractivity contribution in [3.8, 4) is 5.75 Å². The molecule has 1 fully saturated rings. The van der Waals surface area contributed by atoms with Crippen molar-refractivity contribution in [1.29, 1.82) is 0 Å². The van der Waals surface area contributed by atoms with Crippen molar-refractivity contribution in [3.63, 3.8) is 0 Å². The molecule has 2 aromatic rings. The summed E-state index contributed by atoms with van der Waals surface area (Å²) in [6.07, 6.45) is 0. The van der Waals surface area contributed by atoms with E-state index in [0.29, 0.717) is 23.8 Å². The third kappa shape index (κ3) is 3.88. The Morgan fingerprint density at radius 2 is 2.04 bits per heavy atom. The molecule has 0 radical (unpaired) electrons. The van der Waals surface area contributed by atoms with E-state index in [2.05, 4.69) is 9.88 Å². The predicted molar refractivity (Wildman–Crippen MR) is 86.2 cm³/mol. The van der Waals surface area contributed by atoms with Crippen LogP contribution in [0.1, 0.15) is 15.5 Å². The van der Waals surface area contributed by atoms with Gasteiger partial charge < -0.3 is 14.5 Å². The third-order valence-corrected chi connectivity index (χ3v) is 4.63. The first-order valence-corrected chi connectivity index (χ1v) is 8.41. The maximum absolute atomic E-state index is 13.5. The van der Waals surface area contributed by atoms with Gasteiger partial charge in [0.2, 0.25) is 0 Å². The van der Waals surface area contributed by atoms with Crippen LogP contribution in [0.25, 0.3) is 0 Å². The van der Waals surface area contributed by atoms with Crippen LogP contribution in [0.15, 0.2) is 23.6 Å². The number of carbonyl (C=O) groups is 1. The second-order valence-electron chi connectivity index (χ2n) is 5.59. The van der Waals surface area contributed by atoms with Gasteiger partial charge in [0.1, 0.15) is 23.1 Å². The first-order valence-electron chi connectivity index (χ1n) is 7.53. The molecule has 3 rings (SSSR count). The van der Waals surface area contributed by atoms with E-state index in [-0.39, 0.29) is 18.3 Å². The molecule has 0 saturated carbocycles. The zero-order chi connectivity index (χ0) is 17.1. The van der Waals surface area contributed by atoms with Crippen molar-refractivity contribution in [3.05, 3.63) is 45.9 Å². The summed E-state index contributed by atoms with van der Waals surface area (Å²) in [5.74, 6) is -1.56. The number of aromatic nitrogens is 1. The molecular formula is C16H17F2N3O2S. The highest BCUT2D eigenvalue weighted by molar-refractivity contribution is 7.09. The highest BCUT2D eigenvalue weighted by Gasteiger charge is 2.22. The number of carbonyl (C=O) groups excluding carboxylic acids is 1. The number of rotatable bonds is 4. The Labute approximate surface area is 142 Å². The summed E-state index contributed by atoms with van der Waals surface area (Å²) in [7, 11) is 2.02. The van der Waals surface area contributed by atoms with Crippen molar-refractivity contribution in [2.45, 2.75) is 6.61 Å². The number of benzene rings is 1. The van der Waals surface area contributed by atoms with E-state index >= 15 is 0 Å². The standard InChI is InChI=1S/C16H17F2N3O2S/c1-20-4-6-21(7-5-20)16(22)13-10-24-15(19-13)9-23-14-3-2-11(17)8-12(14)18/h2-3,8,10H,4-7,9H2,1H3. The fourth-order valence-electron chi connectivity index (χ4n) is 2.38. The predicted octanol–water partition coefficient (Wildman–Crippen LogP) is 2.39. The lowest BCUT2D eigenvalue weighted by Gasteiger charge is -2.31. The zero-order valence-corrected chi connectivity index (χ0v) is 14.0. The molecule has 8 heteroatoms. The van der Waals surface area contributed by atoms with E-state index in [1.54, 1.807) is 10.3 Å². The number of hydrogen-bond donors (Lipinski definition) is 0. The molecule has 0 N–H and O–H groups in total. The number of piperazine rings is 1. The first-order chi connectivity index (χ1) is 11.5. The number of thiazole rings is 1. The Hall–Kier alpha value is -2.06. The monoisotopic (exact) mass is 353 g/mol. The van der Waals surface area contributed by atoms with Gasteiger partial charge in [-0.2, -0.15) is 0 Å². The highest BCUT2D eigenvalue weighted by atomic mass is 32.1. The average Bonchev–Trinajstić information content (AvgIpc) is 3.03. The van der Waals surface area contributed by atoms with E-state index < -0.39 is 11.6 Å². The van der Waals surface area contributed by atoms with Crippen molar-refractivity contribution < 1.29 is 18.3 Å². The second kappa shape index (κ2) is 7.23. The molecule has 1 saturated heterocycles. The lowest BCUT2D eigenvalue weighted by molar-refractivity contribution is 0.0658. The van der Waals surface area contributed by atoms with Crippen molar-refractivity contribution >= 4 is 17.2 Å². The van der Waals surface area contributed by atoms with Crippen LogP contribution >= 0.6 is 11.3 Å². The summed E-state index contributed by atoms with van der Waals surface area (Å²) >= 11 is 1.28. The molecule has 0 spiro atoms. The van der Waals surface area contributed by atoms with Gasteiger partial charge in [-0.3, -0.25) is 4.79 Å². The summed E-state index contributed by atoms with van der Waals surface area (Å²) in [5.41, 5.74) is 0.378. The minimum Gasteiger partial charge on any atom is -0.483 e. The van der Waals surface area contributed by atoms with Crippen molar-refractivity contribution in [2.75, 3.05) is 33.2 Å². The van der Waals surface area contributed by atoms with E-state index in [4.69, 9.17) is 4.74 Å². The fraction of sp³-hybridized carbons (Fsp3) is 0.375.